The molecule has 138 valence electrons. The normalized spacial score (nSPS) is 23.9. The Bertz CT molecular complexity index is 407. The van der Waals surface area contributed by atoms with Crippen molar-refractivity contribution in [1.29, 1.82) is 0 Å². The molecule has 2 aliphatic rings. The zero-order valence-corrected chi connectivity index (χ0v) is 14.6. The van der Waals surface area contributed by atoms with E-state index in [1.165, 1.54) is 25.7 Å². The second-order valence-electron chi connectivity index (χ2n) is 6.90. The molecule has 0 aromatic carbocycles. The maximum Gasteiger partial charge on any atom is 0.317 e. The molecule has 0 saturated heterocycles. The molecule has 2 rings (SSSR count). The van der Waals surface area contributed by atoms with Crippen LogP contribution >= 0.6 is 0 Å². The molecule has 0 heterocycles. The fourth-order valence-electron chi connectivity index (χ4n) is 3.58. The number of hydrogen-bond acceptors (Lipinski definition) is 4. The third-order valence-corrected chi connectivity index (χ3v) is 5.07. The van der Waals surface area contributed by atoms with E-state index in [1.807, 2.05) is 11.8 Å². The summed E-state index contributed by atoms with van der Waals surface area (Å²) in [6.07, 6.45) is 6.80. The zero-order chi connectivity index (χ0) is 17.4. The van der Waals surface area contributed by atoms with Crippen molar-refractivity contribution >= 4 is 12.0 Å². The van der Waals surface area contributed by atoms with E-state index in [1.54, 1.807) is 0 Å². The van der Waals surface area contributed by atoms with Gasteiger partial charge in [0.05, 0.1) is 13.2 Å². The Morgan fingerprint density at radius 3 is 2.58 bits per heavy atom. The Kier molecular flexibility index (Phi) is 7.78. The maximum absolute atomic E-state index is 11.8. The van der Waals surface area contributed by atoms with Crippen LogP contribution in [-0.2, 0) is 9.53 Å². The molecule has 0 aromatic rings. The lowest BCUT2D eigenvalue weighted by Gasteiger charge is -2.42. The quantitative estimate of drug-likeness (QED) is 0.523. The van der Waals surface area contributed by atoms with Crippen molar-refractivity contribution in [3.8, 4) is 0 Å². The van der Waals surface area contributed by atoms with Gasteiger partial charge in [-0.2, -0.15) is 0 Å². The number of carbonyl (C=O) groups is 2. The summed E-state index contributed by atoms with van der Waals surface area (Å²) in [5.74, 6) is -0.0957. The molecule has 0 radical (unpaired) electrons. The highest BCUT2D eigenvalue weighted by molar-refractivity contribution is 5.74. The Morgan fingerprint density at radius 1 is 1.25 bits per heavy atom. The zero-order valence-electron chi connectivity index (χ0n) is 14.6. The van der Waals surface area contributed by atoms with E-state index in [-0.39, 0.29) is 24.7 Å². The summed E-state index contributed by atoms with van der Waals surface area (Å²) in [5.41, 5.74) is 0. The van der Waals surface area contributed by atoms with Gasteiger partial charge in [-0.1, -0.05) is 19.8 Å². The first-order valence-corrected chi connectivity index (χ1v) is 9.16. The first-order chi connectivity index (χ1) is 11.6. The Balaban J connectivity index is 1.48. The highest BCUT2D eigenvalue weighted by Gasteiger charge is 2.34. The molecule has 2 saturated carbocycles. The van der Waals surface area contributed by atoms with Crippen LogP contribution in [0.3, 0.4) is 0 Å². The predicted octanol–water partition coefficient (Wildman–Crippen LogP) is 1.43. The number of rotatable bonds is 10. The molecule has 2 fully saturated rings. The number of ether oxygens (including phenoxy) is 1. The van der Waals surface area contributed by atoms with Gasteiger partial charge in [0.25, 0.3) is 0 Å². The average molecular weight is 341 g/mol. The molecule has 7 nitrogen and oxygen atoms in total. The average Bonchev–Trinajstić information content (AvgIpc) is 3.01. The van der Waals surface area contributed by atoms with Gasteiger partial charge in [-0.15, -0.1) is 0 Å². The number of likely N-dealkylation sites (N-methyl/N-ethyl adjacent to an activating group) is 1. The monoisotopic (exact) mass is 341 g/mol. The van der Waals surface area contributed by atoms with Crippen LogP contribution in [0.4, 0.5) is 4.79 Å². The van der Waals surface area contributed by atoms with Crippen LogP contribution in [0.1, 0.15) is 45.4 Å². The number of urea groups is 1. The molecule has 3 N–H and O–H groups in total. The van der Waals surface area contributed by atoms with Crippen LogP contribution < -0.4 is 10.6 Å². The van der Waals surface area contributed by atoms with Crippen LogP contribution in [0.25, 0.3) is 0 Å². The first-order valence-electron chi connectivity index (χ1n) is 9.16. The molecule has 0 spiro atoms. The third-order valence-electron chi connectivity index (χ3n) is 5.07. The van der Waals surface area contributed by atoms with Gasteiger partial charge in [-0.3, -0.25) is 9.69 Å². The van der Waals surface area contributed by atoms with Crippen LogP contribution in [0, 0.1) is 5.92 Å². The van der Waals surface area contributed by atoms with E-state index in [4.69, 9.17) is 9.84 Å². The van der Waals surface area contributed by atoms with Crippen LogP contribution in [-0.4, -0.2) is 66.9 Å². The third kappa shape index (κ3) is 6.28. The SMILES string of the molecule is CCN(CC(=O)O)C1CC(NC(=O)NCCOCC2CCCC2)C1. The number of nitrogens with one attached hydrogen (secondary N) is 2. The lowest BCUT2D eigenvalue weighted by atomic mass is 9.85. The number of carbonyl (C=O) groups excluding carboxylic acids is 1. The standard InChI is InChI=1S/C17H31N3O4/c1-2-20(11-16(21)22)15-9-14(10-15)19-17(23)18-7-8-24-12-13-5-3-4-6-13/h13-15H,2-12H2,1H3,(H,21,22)(H2,18,19,23). The highest BCUT2D eigenvalue weighted by atomic mass is 16.5. The Morgan fingerprint density at radius 2 is 1.96 bits per heavy atom. The summed E-state index contributed by atoms with van der Waals surface area (Å²) in [6.45, 7) is 4.63. The molecule has 0 bridgehead atoms. The minimum absolute atomic E-state index is 0.0679. The second-order valence-corrected chi connectivity index (χ2v) is 6.90. The van der Waals surface area contributed by atoms with Crippen LogP contribution in [0.15, 0.2) is 0 Å². The van der Waals surface area contributed by atoms with Gasteiger partial charge in [-0.05, 0) is 38.1 Å². The van der Waals surface area contributed by atoms with Gasteiger partial charge in [0, 0.05) is 25.2 Å². The van der Waals surface area contributed by atoms with E-state index in [2.05, 4.69) is 10.6 Å². The molecule has 7 heteroatoms. The van der Waals surface area contributed by atoms with Gasteiger partial charge < -0.3 is 20.5 Å². The molecule has 0 aliphatic heterocycles. The van der Waals surface area contributed by atoms with Crippen molar-refractivity contribution in [3.63, 3.8) is 0 Å². The summed E-state index contributed by atoms with van der Waals surface area (Å²) in [4.78, 5) is 24.5. The smallest absolute Gasteiger partial charge is 0.317 e. The molecule has 24 heavy (non-hydrogen) atoms. The van der Waals surface area contributed by atoms with Gasteiger partial charge >= 0.3 is 12.0 Å². The summed E-state index contributed by atoms with van der Waals surface area (Å²) in [5, 5.41) is 14.6. The first kappa shape index (κ1) is 19.0. The van der Waals surface area contributed by atoms with E-state index in [0.717, 1.165) is 19.4 Å². The van der Waals surface area contributed by atoms with Gasteiger partial charge in [-0.25, -0.2) is 4.79 Å². The molecule has 0 aromatic heterocycles. The van der Waals surface area contributed by atoms with E-state index >= 15 is 0 Å². The largest absolute Gasteiger partial charge is 0.480 e. The molecule has 2 amide bonds. The van der Waals surface area contributed by atoms with Gasteiger partial charge in [0.2, 0.25) is 0 Å². The predicted molar refractivity (Wildman–Crippen MR) is 91.0 cm³/mol. The van der Waals surface area contributed by atoms with E-state index in [9.17, 15) is 9.59 Å². The van der Waals surface area contributed by atoms with Crippen molar-refractivity contribution in [3.05, 3.63) is 0 Å². The summed E-state index contributed by atoms with van der Waals surface area (Å²) >= 11 is 0. The minimum atomic E-state index is -0.802. The minimum Gasteiger partial charge on any atom is -0.480 e. The fourth-order valence-corrected chi connectivity index (χ4v) is 3.58. The van der Waals surface area contributed by atoms with Crippen molar-refractivity contribution in [2.75, 3.05) is 32.8 Å². The molecular formula is C17H31N3O4. The van der Waals surface area contributed by atoms with Crippen molar-refractivity contribution < 1.29 is 19.4 Å². The topological polar surface area (TPSA) is 90.9 Å². The summed E-state index contributed by atoms with van der Waals surface area (Å²) in [6, 6.07) is 0.229. The second kappa shape index (κ2) is 9.84. The number of carboxylic acid groups (broad SMARTS) is 1. The van der Waals surface area contributed by atoms with Crippen LogP contribution in [0.2, 0.25) is 0 Å². The fraction of sp³-hybridized carbons (Fsp3) is 0.882. The number of aliphatic carboxylic acids is 1. The van der Waals surface area contributed by atoms with Crippen LogP contribution in [0.5, 0.6) is 0 Å². The molecule has 0 atom stereocenters. The van der Waals surface area contributed by atoms with Crippen molar-refractivity contribution in [1.82, 2.24) is 15.5 Å². The lowest BCUT2D eigenvalue weighted by Crippen LogP contribution is -2.56. The molecule has 2 aliphatic carbocycles. The van der Waals surface area contributed by atoms with E-state index in [0.29, 0.717) is 25.6 Å². The maximum atomic E-state index is 11.8. The number of nitrogens with zero attached hydrogens (tertiary/aromatic N) is 1. The van der Waals surface area contributed by atoms with Crippen molar-refractivity contribution in [2.45, 2.75) is 57.5 Å². The van der Waals surface area contributed by atoms with Crippen molar-refractivity contribution in [2.24, 2.45) is 5.92 Å². The highest BCUT2D eigenvalue weighted by Crippen LogP contribution is 2.25. The van der Waals surface area contributed by atoms with Gasteiger partial charge in [0.15, 0.2) is 0 Å². The Hall–Kier alpha value is -1.34. The summed E-state index contributed by atoms with van der Waals surface area (Å²) in [7, 11) is 0. The number of hydrogen-bond donors (Lipinski definition) is 3. The number of amides is 2. The Labute approximate surface area is 144 Å². The molecular weight excluding hydrogens is 310 g/mol. The van der Waals surface area contributed by atoms with Gasteiger partial charge in [0.1, 0.15) is 0 Å². The lowest BCUT2D eigenvalue weighted by molar-refractivity contribution is -0.139. The molecule has 0 unspecified atom stereocenters. The van der Waals surface area contributed by atoms with E-state index < -0.39 is 5.97 Å². The number of carboxylic acids is 1. The summed E-state index contributed by atoms with van der Waals surface area (Å²) < 4.78 is 5.61.